The summed E-state index contributed by atoms with van der Waals surface area (Å²) < 4.78 is 1.87. The van der Waals surface area contributed by atoms with Gasteiger partial charge >= 0.3 is 0 Å². The van der Waals surface area contributed by atoms with Crippen molar-refractivity contribution < 1.29 is 4.79 Å². The monoisotopic (exact) mass is 235 g/mol. The van der Waals surface area contributed by atoms with E-state index in [2.05, 4.69) is 17.3 Å². The topological polar surface area (TPSA) is 46.9 Å². The molecular formula is C13H21N3O. The summed E-state index contributed by atoms with van der Waals surface area (Å²) in [7, 11) is 0. The Kier molecular flexibility index (Phi) is 3.62. The summed E-state index contributed by atoms with van der Waals surface area (Å²) in [6.07, 6.45) is 6.22. The number of hydrogen-bond acceptors (Lipinski definition) is 3. The normalized spacial score (nSPS) is 24.1. The van der Waals surface area contributed by atoms with Gasteiger partial charge in [-0.1, -0.05) is 6.92 Å². The number of aromatic nitrogens is 2. The van der Waals surface area contributed by atoms with Crippen molar-refractivity contribution in [2.75, 3.05) is 13.1 Å². The fraction of sp³-hybridized carbons (Fsp3) is 0.692. The van der Waals surface area contributed by atoms with Gasteiger partial charge in [0.15, 0.2) is 0 Å². The predicted octanol–water partition coefficient (Wildman–Crippen LogP) is 1.40. The summed E-state index contributed by atoms with van der Waals surface area (Å²) in [5.74, 6) is 0.362. The Morgan fingerprint density at radius 1 is 1.59 bits per heavy atom. The van der Waals surface area contributed by atoms with Gasteiger partial charge in [0.1, 0.15) is 5.78 Å². The second-order valence-electron chi connectivity index (χ2n) is 4.86. The van der Waals surface area contributed by atoms with Crippen molar-refractivity contribution in [1.29, 1.82) is 0 Å². The first kappa shape index (κ1) is 12.3. The maximum Gasteiger partial charge on any atom is 0.144 e. The van der Waals surface area contributed by atoms with Crippen LogP contribution in [-0.2, 0) is 17.8 Å². The summed E-state index contributed by atoms with van der Waals surface area (Å²) in [5.41, 5.74) is 0.908. The Hall–Kier alpha value is -1.16. The van der Waals surface area contributed by atoms with Crippen LogP contribution < -0.4 is 5.32 Å². The van der Waals surface area contributed by atoms with Crippen molar-refractivity contribution in [3.63, 3.8) is 0 Å². The molecule has 1 saturated heterocycles. The van der Waals surface area contributed by atoms with Crippen LogP contribution in [-0.4, -0.2) is 28.7 Å². The molecule has 1 atom stereocenters. The van der Waals surface area contributed by atoms with Crippen LogP contribution in [0.1, 0.15) is 32.3 Å². The van der Waals surface area contributed by atoms with Crippen molar-refractivity contribution >= 4 is 5.78 Å². The van der Waals surface area contributed by atoms with E-state index in [0.29, 0.717) is 12.2 Å². The minimum absolute atomic E-state index is 0.131. The van der Waals surface area contributed by atoms with Crippen LogP contribution in [0.25, 0.3) is 0 Å². The van der Waals surface area contributed by atoms with Gasteiger partial charge in [-0.3, -0.25) is 9.48 Å². The van der Waals surface area contributed by atoms with E-state index in [1.807, 2.05) is 24.0 Å². The van der Waals surface area contributed by atoms with Crippen molar-refractivity contribution in [3.05, 3.63) is 18.0 Å². The van der Waals surface area contributed by atoms with Crippen molar-refractivity contribution in [1.82, 2.24) is 15.1 Å². The number of ketones is 1. The quantitative estimate of drug-likeness (QED) is 0.839. The highest BCUT2D eigenvalue weighted by Gasteiger charge is 2.38. The van der Waals surface area contributed by atoms with Crippen molar-refractivity contribution in [3.8, 4) is 0 Å². The molecule has 2 rings (SSSR count). The number of aryl methyl sites for hydroxylation is 1. The van der Waals surface area contributed by atoms with Gasteiger partial charge in [-0.25, -0.2) is 0 Å². The van der Waals surface area contributed by atoms with Gasteiger partial charge in [0.05, 0.1) is 6.20 Å². The molecule has 0 spiro atoms. The lowest BCUT2D eigenvalue weighted by Crippen LogP contribution is -2.34. The van der Waals surface area contributed by atoms with Crippen LogP contribution >= 0.6 is 0 Å². The van der Waals surface area contributed by atoms with E-state index in [0.717, 1.165) is 38.0 Å². The maximum atomic E-state index is 12.4. The molecule has 1 aliphatic heterocycles. The molecule has 1 aromatic heterocycles. The predicted molar refractivity (Wildman–Crippen MR) is 66.8 cm³/mol. The van der Waals surface area contributed by atoms with Crippen LogP contribution in [0.2, 0.25) is 0 Å². The maximum absolute atomic E-state index is 12.4. The van der Waals surface area contributed by atoms with E-state index in [1.54, 1.807) is 0 Å². The van der Waals surface area contributed by atoms with E-state index in [9.17, 15) is 4.79 Å². The number of hydrogen-bond donors (Lipinski definition) is 1. The third-order valence-electron chi connectivity index (χ3n) is 3.89. The number of nitrogens with one attached hydrogen (secondary N) is 1. The zero-order chi connectivity index (χ0) is 12.3. The zero-order valence-corrected chi connectivity index (χ0v) is 10.7. The first-order valence-corrected chi connectivity index (χ1v) is 6.45. The fourth-order valence-corrected chi connectivity index (χ4v) is 2.52. The number of Topliss-reactive ketones (excluding diaryl/α,β-unsaturated/α-hetero) is 1. The van der Waals surface area contributed by atoms with Gasteiger partial charge in [0.25, 0.3) is 0 Å². The molecule has 0 radical (unpaired) electrons. The molecule has 94 valence electrons. The molecule has 1 unspecified atom stereocenters. The lowest BCUT2D eigenvalue weighted by Gasteiger charge is -2.24. The standard InChI is InChI=1S/C13H21N3O/c1-3-13(5-6-14-10-13)12(17)7-11-8-15-16(4-2)9-11/h8-9,14H,3-7,10H2,1-2H3. The third-order valence-corrected chi connectivity index (χ3v) is 3.89. The number of rotatable bonds is 5. The molecule has 4 nitrogen and oxygen atoms in total. The van der Waals surface area contributed by atoms with Crippen LogP contribution in [0, 0.1) is 5.41 Å². The van der Waals surface area contributed by atoms with E-state index in [4.69, 9.17) is 0 Å². The van der Waals surface area contributed by atoms with Gasteiger partial charge < -0.3 is 5.32 Å². The first-order valence-electron chi connectivity index (χ1n) is 6.45. The SMILES string of the molecule is CCn1cc(CC(=O)C2(CC)CCNC2)cn1. The second-order valence-corrected chi connectivity index (χ2v) is 4.86. The lowest BCUT2D eigenvalue weighted by molar-refractivity contribution is -0.127. The molecule has 0 bridgehead atoms. The number of nitrogens with zero attached hydrogens (tertiary/aromatic N) is 2. The Morgan fingerprint density at radius 3 is 2.94 bits per heavy atom. The third kappa shape index (κ3) is 2.41. The molecule has 0 saturated carbocycles. The highest BCUT2D eigenvalue weighted by molar-refractivity contribution is 5.87. The first-order chi connectivity index (χ1) is 8.20. The molecule has 4 heteroatoms. The highest BCUT2D eigenvalue weighted by Crippen LogP contribution is 2.31. The molecule has 0 amide bonds. The Labute approximate surface area is 102 Å². The molecule has 1 aromatic rings. The van der Waals surface area contributed by atoms with Crippen LogP contribution in [0.15, 0.2) is 12.4 Å². The lowest BCUT2D eigenvalue weighted by atomic mass is 9.78. The van der Waals surface area contributed by atoms with Gasteiger partial charge in [-0.05, 0) is 31.9 Å². The van der Waals surface area contributed by atoms with Gasteiger partial charge in [0.2, 0.25) is 0 Å². The highest BCUT2D eigenvalue weighted by atomic mass is 16.1. The van der Waals surface area contributed by atoms with Gasteiger partial charge in [-0.2, -0.15) is 5.10 Å². The average molecular weight is 235 g/mol. The van der Waals surface area contributed by atoms with Crippen molar-refractivity contribution in [2.24, 2.45) is 5.41 Å². The average Bonchev–Trinajstić information content (AvgIpc) is 2.97. The zero-order valence-electron chi connectivity index (χ0n) is 10.7. The summed E-state index contributed by atoms with van der Waals surface area (Å²) in [6.45, 7) is 6.82. The van der Waals surface area contributed by atoms with Crippen LogP contribution in [0.4, 0.5) is 0 Å². The summed E-state index contributed by atoms with van der Waals surface area (Å²) in [4.78, 5) is 12.4. The molecular weight excluding hydrogens is 214 g/mol. The van der Waals surface area contributed by atoms with Gasteiger partial charge in [-0.15, -0.1) is 0 Å². The van der Waals surface area contributed by atoms with Gasteiger partial charge in [0, 0.05) is 31.1 Å². The molecule has 17 heavy (non-hydrogen) atoms. The van der Waals surface area contributed by atoms with Crippen molar-refractivity contribution in [2.45, 2.75) is 39.7 Å². The molecule has 1 fully saturated rings. The molecule has 0 aliphatic carbocycles. The minimum atomic E-state index is -0.131. The fourth-order valence-electron chi connectivity index (χ4n) is 2.52. The Balaban J connectivity index is 2.05. The largest absolute Gasteiger partial charge is 0.316 e. The number of carbonyl (C=O) groups is 1. The number of carbonyl (C=O) groups excluding carboxylic acids is 1. The van der Waals surface area contributed by atoms with E-state index >= 15 is 0 Å². The smallest absolute Gasteiger partial charge is 0.144 e. The Morgan fingerprint density at radius 2 is 2.41 bits per heavy atom. The molecule has 1 N–H and O–H groups in total. The summed E-state index contributed by atoms with van der Waals surface area (Å²) in [6, 6.07) is 0. The second kappa shape index (κ2) is 5.00. The van der Waals surface area contributed by atoms with Crippen LogP contribution in [0.5, 0.6) is 0 Å². The minimum Gasteiger partial charge on any atom is -0.316 e. The van der Waals surface area contributed by atoms with E-state index in [1.165, 1.54) is 0 Å². The summed E-state index contributed by atoms with van der Waals surface area (Å²) >= 11 is 0. The Bertz CT molecular complexity index is 391. The molecule has 2 heterocycles. The molecule has 0 aromatic carbocycles. The summed E-state index contributed by atoms with van der Waals surface area (Å²) in [5, 5.41) is 7.52. The van der Waals surface area contributed by atoms with E-state index in [-0.39, 0.29) is 5.41 Å². The van der Waals surface area contributed by atoms with E-state index < -0.39 is 0 Å². The molecule has 1 aliphatic rings. The van der Waals surface area contributed by atoms with Crippen LogP contribution in [0.3, 0.4) is 0 Å².